The summed E-state index contributed by atoms with van der Waals surface area (Å²) < 4.78 is 23.2. The third-order valence-electron chi connectivity index (χ3n) is 4.34. The van der Waals surface area contributed by atoms with Crippen molar-refractivity contribution in [2.24, 2.45) is 5.92 Å². The van der Waals surface area contributed by atoms with Gasteiger partial charge in [-0.1, -0.05) is 18.2 Å². The third kappa shape index (κ3) is 2.35. The second-order valence-electron chi connectivity index (χ2n) is 5.82. The first-order chi connectivity index (χ1) is 9.48. The molecule has 0 aromatic heterocycles. The SMILES string of the molecule is CC1CCc2ccccc2N1C(=O)C1CCS(=O)(=O)C1. The third-order valence-corrected chi connectivity index (χ3v) is 6.11. The lowest BCUT2D eigenvalue weighted by Gasteiger charge is -2.36. The van der Waals surface area contributed by atoms with E-state index in [0.717, 1.165) is 18.5 Å². The van der Waals surface area contributed by atoms with Crippen LogP contribution in [0.4, 0.5) is 5.69 Å². The summed E-state index contributed by atoms with van der Waals surface area (Å²) >= 11 is 0. The largest absolute Gasteiger partial charge is 0.309 e. The van der Waals surface area contributed by atoms with Crippen molar-refractivity contribution in [3.63, 3.8) is 0 Å². The van der Waals surface area contributed by atoms with Gasteiger partial charge in [0.25, 0.3) is 0 Å². The average Bonchev–Trinajstić information content (AvgIpc) is 2.78. The fourth-order valence-electron chi connectivity index (χ4n) is 3.21. The molecule has 4 nitrogen and oxygen atoms in total. The summed E-state index contributed by atoms with van der Waals surface area (Å²) in [4.78, 5) is 14.5. The molecule has 1 fully saturated rings. The van der Waals surface area contributed by atoms with Gasteiger partial charge in [-0.15, -0.1) is 0 Å². The number of para-hydroxylation sites is 1. The lowest BCUT2D eigenvalue weighted by Crippen LogP contribution is -2.45. The van der Waals surface area contributed by atoms with Crippen LogP contribution >= 0.6 is 0 Å². The van der Waals surface area contributed by atoms with Gasteiger partial charge in [0.05, 0.1) is 17.4 Å². The van der Waals surface area contributed by atoms with Gasteiger partial charge in [-0.25, -0.2) is 8.42 Å². The maximum absolute atomic E-state index is 12.7. The summed E-state index contributed by atoms with van der Waals surface area (Å²) in [6.45, 7) is 2.04. The van der Waals surface area contributed by atoms with Gasteiger partial charge in [-0.05, 0) is 37.8 Å². The van der Waals surface area contributed by atoms with Gasteiger partial charge in [0.1, 0.15) is 0 Å². The predicted octanol–water partition coefficient (Wildman–Crippen LogP) is 1.79. The molecule has 2 heterocycles. The highest BCUT2D eigenvalue weighted by Gasteiger charge is 2.38. The maximum Gasteiger partial charge on any atom is 0.231 e. The first-order valence-electron chi connectivity index (χ1n) is 7.09. The van der Waals surface area contributed by atoms with E-state index >= 15 is 0 Å². The number of anilines is 1. The molecular weight excluding hydrogens is 274 g/mol. The number of benzene rings is 1. The molecule has 0 radical (unpaired) electrons. The number of nitrogens with zero attached hydrogens (tertiary/aromatic N) is 1. The van der Waals surface area contributed by atoms with Crippen LogP contribution in [0.3, 0.4) is 0 Å². The molecule has 0 bridgehead atoms. The molecule has 3 rings (SSSR count). The Labute approximate surface area is 119 Å². The maximum atomic E-state index is 12.7. The van der Waals surface area contributed by atoms with Crippen molar-refractivity contribution >= 4 is 21.4 Å². The number of sulfone groups is 1. The van der Waals surface area contributed by atoms with Gasteiger partial charge < -0.3 is 4.90 Å². The Morgan fingerprint density at radius 2 is 2.00 bits per heavy atom. The van der Waals surface area contributed by atoms with E-state index in [0.29, 0.717) is 6.42 Å². The fraction of sp³-hybridized carbons (Fsp3) is 0.533. The summed E-state index contributed by atoms with van der Waals surface area (Å²) in [5.41, 5.74) is 2.14. The number of aryl methyl sites for hydroxylation is 1. The second-order valence-corrected chi connectivity index (χ2v) is 8.05. The van der Waals surface area contributed by atoms with Crippen LogP contribution in [0, 0.1) is 5.92 Å². The first-order valence-corrected chi connectivity index (χ1v) is 8.91. The highest BCUT2D eigenvalue weighted by atomic mass is 32.2. The quantitative estimate of drug-likeness (QED) is 0.793. The molecule has 1 amide bonds. The van der Waals surface area contributed by atoms with Crippen LogP contribution in [0.15, 0.2) is 24.3 Å². The molecule has 2 atom stereocenters. The Bertz CT molecular complexity index is 638. The van der Waals surface area contributed by atoms with Crippen LogP contribution in [0.5, 0.6) is 0 Å². The van der Waals surface area contributed by atoms with Gasteiger partial charge in [0, 0.05) is 11.7 Å². The summed E-state index contributed by atoms with van der Waals surface area (Å²) in [7, 11) is -3.02. The summed E-state index contributed by atoms with van der Waals surface area (Å²) in [6.07, 6.45) is 2.37. The van der Waals surface area contributed by atoms with Crippen LogP contribution in [0.1, 0.15) is 25.3 Å². The minimum atomic E-state index is -3.02. The van der Waals surface area contributed by atoms with Gasteiger partial charge in [0.2, 0.25) is 5.91 Å². The van der Waals surface area contributed by atoms with E-state index in [1.54, 1.807) is 0 Å². The molecule has 2 aliphatic rings. The van der Waals surface area contributed by atoms with Gasteiger partial charge >= 0.3 is 0 Å². The minimum Gasteiger partial charge on any atom is -0.309 e. The first kappa shape index (κ1) is 13.6. The number of hydrogen-bond donors (Lipinski definition) is 0. The van der Waals surface area contributed by atoms with Crippen LogP contribution in [-0.4, -0.2) is 31.9 Å². The van der Waals surface area contributed by atoms with Crippen molar-refractivity contribution in [2.75, 3.05) is 16.4 Å². The molecule has 0 spiro atoms. The molecule has 1 aromatic carbocycles. The van der Waals surface area contributed by atoms with Crippen LogP contribution in [0.25, 0.3) is 0 Å². The number of amides is 1. The standard InChI is InChI=1S/C15H19NO3S/c1-11-6-7-12-4-2-3-5-14(12)16(11)15(17)13-8-9-20(18,19)10-13/h2-5,11,13H,6-10H2,1H3. The minimum absolute atomic E-state index is 0.0111. The lowest BCUT2D eigenvalue weighted by atomic mass is 9.94. The Hall–Kier alpha value is -1.36. The molecular formula is C15H19NO3S. The van der Waals surface area contributed by atoms with E-state index in [9.17, 15) is 13.2 Å². The number of fused-ring (bicyclic) bond motifs is 1. The van der Waals surface area contributed by atoms with E-state index in [1.807, 2.05) is 36.1 Å². The van der Waals surface area contributed by atoms with Crippen molar-refractivity contribution in [1.82, 2.24) is 0 Å². The number of hydrogen-bond acceptors (Lipinski definition) is 3. The van der Waals surface area contributed by atoms with Crippen molar-refractivity contribution in [2.45, 2.75) is 32.2 Å². The summed E-state index contributed by atoms with van der Waals surface area (Å²) in [5, 5.41) is 0. The Kier molecular flexibility index (Phi) is 3.32. The average molecular weight is 293 g/mol. The fourth-order valence-corrected chi connectivity index (χ4v) is 4.94. The number of carbonyl (C=O) groups is 1. The smallest absolute Gasteiger partial charge is 0.231 e. The zero-order valence-electron chi connectivity index (χ0n) is 11.6. The zero-order valence-corrected chi connectivity index (χ0v) is 12.4. The Morgan fingerprint density at radius 1 is 1.25 bits per heavy atom. The van der Waals surface area contributed by atoms with E-state index in [1.165, 1.54) is 5.56 Å². The molecule has 0 saturated carbocycles. The van der Waals surface area contributed by atoms with Crippen molar-refractivity contribution < 1.29 is 13.2 Å². The van der Waals surface area contributed by atoms with Crippen molar-refractivity contribution in [1.29, 1.82) is 0 Å². The molecule has 0 aliphatic carbocycles. The topological polar surface area (TPSA) is 54.5 Å². The Balaban J connectivity index is 1.91. The van der Waals surface area contributed by atoms with E-state index in [-0.39, 0.29) is 29.4 Å². The molecule has 5 heteroatoms. The highest BCUT2D eigenvalue weighted by Crippen LogP contribution is 2.33. The van der Waals surface area contributed by atoms with Gasteiger partial charge in [0.15, 0.2) is 9.84 Å². The molecule has 20 heavy (non-hydrogen) atoms. The van der Waals surface area contributed by atoms with Crippen molar-refractivity contribution in [3.05, 3.63) is 29.8 Å². The van der Waals surface area contributed by atoms with E-state index in [2.05, 4.69) is 0 Å². The zero-order chi connectivity index (χ0) is 14.3. The van der Waals surface area contributed by atoms with Gasteiger partial charge in [-0.3, -0.25) is 4.79 Å². The lowest BCUT2D eigenvalue weighted by molar-refractivity contribution is -0.122. The molecule has 1 saturated heterocycles. The van der Waals surface area contributed by atoms with Crippen molar-refractivity contribution in [3.8, 4) is 0 Å². The predicted molar refractivity (Wildman–Crippen MR) is 78.5 cm³/mol. The summed E-state index contributed by atoms with van der Waals surface area (Å²) in [6, 6.07) is 8.07. The van der Waals surface area contributed by atoms with Crippen LogP contribution in [0.2, 0.25) is 0 Å². The van der Waals surface area contributed by atoms with E-state index < -0.39 is 9.84 Å². The molecule has 108 valence electrons. The van der Waals surface area contributed by atoms with Gasteiger partial charge in [-0.2, -0.15) is 0 Å². The van der Waals surface area contributed by atoms with Crippen LogP contribution in [-0.2, 0) is 21.1 Å². The molecule has 2 aliphatic heterocycles. The number of rotatable bonds is 1. The van der Waals surface area contributed by atoms with E-state index in [4.69, 9.17) is 0 Å². The monoisotopic (exact) mass is 293 g/mol. The van der Waals surface area contributed by atoms with Crippen LogP contribution < -0.4 is 4.90 Å². The highest BCUT2D eigenvalue weighted by molar-refractivity contribution is 7.91. The summed E-state index contributed by atoms with van der Waals surface area (Å²) in [5.74, 6) is -0.232. The normalized spacial score (nSPS) is 28.1. The molecule has 2 unspecified atom stereocenters. The Morgan fingerprint density at radius 3 is 2.70 bits per heavy atom. The molecule has 1 aromatic rings. The number of carbonyl (C=O) groups excluding carboxylic acids is 1. The molecule has 0 N–H and O–H groups in total. The second kappa shape index (κ2) is 4.88.